The van der Waals surface area contributed by atoms with E-state index < -0.39 is 0 Å². The highest BCUT2D eigenvalue weighted by molar-refractivity contribution is 5.03. The first-order valence-corrected chi connectivity index (χ1v) is 12.6. The van der Waals surface area contributed by atoms with E-state index in [0.29, 0.717) is 0 Å². The summed E-state index contributed by atoms with van der Waals surface area (Å²) >= 11 is 0. The standard InChI is InChI=1S/C26H45N/c1-3-5-17-26(20-27)18-6-8-25(19-26)24-15-13-23(14-16-24)22-11-9-21(7-4-2)10-12-22/h21-25H,3-19H2,1-2H3/t21-,22-,23-,24-,25?,26?. The molecule has 0 bridgehead atoms. The molecule has 3 aliphatic rings. The molecule has 2 atom stereocenters. The van der Waals surface area contributed by atoms with E-state index in [1.165, 1.54) is 103 Å². The third-order valence-electron chi connectivity index (χ3n) is 8.87. The van der Waals surface area contributed by atoms with Gasteiger partial charge in [-0.15, -0.1) is 0 Å². The van der Waals surface area contributed by atoms with Crippen molar-refractivity contribution in [2.24, 2.45) is 35.0 Å². The van der Waals surface area contributed by atoms with Crippen LogP contribution in [0.5, 0.6) is 0 Å². The largest absolute Gasteiger partial charge is 0.198 e. The number of rotatable bonds is 7. The molecule has 1 heteroatoms. The molecular weight excluding hydrogens is 326 g/mol. The molecule has 0 saturated heterocycles. The van der Waals surface area contributed by atoms with Crippen molar-refractivity contribution in [3.63, 3.8) is 0 Å². The zero-order valence-electron chi connectivity index (χ0n) is 18.4. The van der Waals surface area contributed by atoms with E-state index in [9.17, 15) is 5.26 Å². The van der Waals surface area contributed by atoms with Gasteiger partial charge in [0.2, 0.25) is 0 Å². The number of hydrogen-bond acceptors (Lipinski definition) is 1. The molecule has 3 saturated carbocycles. The van der Waals surface area contributed by atoms with Gasteiger partial charge in [-0.1, -0.05) is 65.2 Å². The van der Waals surface area contributed by atoms with E-state index in [-0.39, 0.29) is 5.41 Å². The van der Waals surface area contributed by atoms with Crippen molar-refractivity contribution in [1.82, 2.24) is 0 Å². The summed E-state index contributed by atoms with van der Waals surface area (Å²) in [6.45, 7) is 4.62. The lowest BCUT2D eigenvalue weighted by atomic mass is 9.61. The minimum atomic E-state index is 0.0352. The molecule has 0 spiro atoms. The second kappa shape index (κ2) is 10.3. The molecule has 0 aromatic rings. The summed E-state index contributed by atoms with van der Waals surface area (Å²) in [5, 5.41) is 9.91. The Balaban J connectivity index is 1.45. The van der Waals surface area contributed by atoms with Gasteiger partial charge in [0.15, 0.2) is 0 Å². The van der Waals surface area contributed by atoms with Gasteiger partial charge >= 0.3 is 0 Å². The second-order valence-corrected chi connectivity index (χ2v) is 10.6. The van der Waals surface area contributed by atoms with E-state index in [1.54, 1.807) is 0 Å². The normalized spacial score (nSPS) is 40.4. The van der Waals surface area contributed by atoms with Gasteiger partial charge in [-0.05, 0) is 87.4 Å². The quantitative estimate of drug-likeness (QED) is 0.441. The van der Waals surface area contributed by atoms with Crippen LogP contribution in [0.3, 0.4) is 0 Å². The highest BCUT2D eigenvalue weighted by atomic mass is 14.5. The van der Waals surface area contributed by atoms with Gasteiger partial charge in [-0.3, -0.25) is 0 Å². The van der Waals surface area contributed by atoms with E-state index in [0.717, 1.165) is 36.0 Å². The Morgan fingerprint density at radius 2 is 1.37 bits per heavy atom. The lowest BCUT2D eigenvalue weighted by Gasteiger charge is -2.43. The third-order valence-corrected chi connectivity index (χ3v) is 8.87. The number of nitriles is 1. The summed E-state index contributed by atoms with van der Waals surface area (Å²) in [4.78, 5) is 0. The molecule has 0 aromatic heterocycles. The molecule has 3 aliphatic carbocycles. The number of hydrogen-bond donors (Lipinski definition) is 0. The number of unbranched alkanes of at least 4 members (excludes halogenated alkanes) is 1. The maximum absolute atomic E-state index is 9.91. The average molecular weight is 372 g/mol. The van der Waals surface area contributed by atoms with Gasteiger partial charge in [0, 0.05) is 0 Å². The molecule has 1 nitrogen and oxygen atoms in total. The van der Waals surface area contributed by atoms with Crippen LogP contribution in [-0.4, -0.2) is 0 Å². The van der Waals surface area contributed by atoms with Gasteiger partial charge in [0.25, 0.3) is 0 Å². The summed E-state index contributed by atoms with van der Waals surface area (Å²) in [5.74, 6) is 4.93. The van der Waals surface area contributed by atoms with Crippen LogP contribution in [0.2, 0.25) is 0 Å². The van der Waals surface area contributed by atoms with Crippen molar-refractivity contribution in [3.05, 3.63) is 0 Å². The zero-order chi connectivity index (χ0) is 19.1. The fourth-order valence-electron chi connectivity index (χ4n) is 7.16. The van der Waals surface area contributed by atoms with Crippen LogP contribution >= 0.6 is 0 Å². The molecular formula is C26H45N. The van der Waals surface area contributed by atoms with Gasteiger partial charge in [-0.25, -0.2) is 0 Å². The molecule has 0 N–H and O–H groups in total. The maximum atomic E-state index is 9.91. The predicted octanol–water partition coefficient (Wildman–Crippen LogP) is 8.29. The Morgan fingerprint density at radius 3 is 1.93 bits per heavy atom. The lowest BCUT2D eigenvalue weighted by Crippen LogP contribution is -2.34. The zero-order valence-corrected chi connectivity index (χ0v) is 18.4. The van der Waals surface area contributed by atoms with Gasteiger partial charge < -0.3 is 0 Å². The SMILES string of the molecule is CCCCC1(C#N)CCCC([C@H]2CC[C@H]([C@H]3CC[C@H](CCC)CC3)CC2)C1. The second-order valence-electron chi connectivity index (χ2n) is 10.6. The molecule has 0 amide bonds. The van der Waals surface area contributed by atoms with Gasteiger partial charge in [0.1, 0.15) is 0 Å². The minimum absolute atomic E-state index is 0.0352. The van der Waals surface area contributed by atoms with E-state index in [2.05, 4.69) is 19.9 Å². The van der Waals surface area contributed by atoms with Gasteiger partial charge in [-0.2, -0.15) is 5.26 Å². The molecule has 0 radical (unpaired) electrons. The Bertz CT molecular complexity index is 461. The molecule has 2 unspecified atom stereocenters. The third kappa shape index (κ3) is 5.52. The topological polar surface area (TPSA) is 23.8 Å². The lowest BCUT2D eigenvalue weighted by molar-refractivity contribution is 0.0816. The van der Waals surface area contributed by atoms with E-state index in [4.69, 9.17) is 0 Å². The van der Waals surface area contributed by atoms with E-state index in [1.807, 2.05) is 0 Å². The fourth-order valence-corrected chi connectivity index (χ4v) is 7.16. The Labute approximate surface area is 169 Å². The van der Waals surface area contributed by atoms with Crippen LogP contribution in [0.4, 0.5) is 0 Å². The molecule has 3 rings (SSSR count). The van der Waals surface area contributed by atoms with Crippen molar-refractivity contribution < 1.29 is 0 Å². The first-order valence-electron chi connectivity index (χ1n) is 12.6. The highest BCUT2D eigenvalue weighted by Crippen LogP contribution is 2.50. The van der Waals surface area contributed by atoms with E-state index >= 15 is 0 Å². The first kappa shape index (κ1) is 21.2. The Kier molecular flexibility index (Phi) is 8.10. The Hall–Kier alpha value is -0.510. The number of nitrogens with zero attached hydrogens (tertiary/aromatic N) is 1. The summed E-state index contributed by atoms with van der Waals surface area (Å²) < 4.78 is 0. The van der Waals surface area contributed by atoms with Crippen LogP contribution in [0.15, 0.2) is 0 Å². The molecule has 27 heavy (non-hydrogen) atoms. The predicted molar refractivity (Wildman–Crippen MR) is 115 cm³/mol. The van der Waals surface area contributed by atoms with Crippen LogP contribution in [0.25, 0.3) is 0 Å². The van der Waals surface area contributed by atoms with Crippen molar-refractivity contribution in [1.29, 1.82) is 5.26 Å². The smallest absolute Gasteiger partial charge is 0.0689 e. The summed E-state index contributed by atoms with van der Waals surface area (Å²) in [6, 6.07) is 2.80. The van der Waals surface area contributed by atoms with Crippen LogP contribution in [0.1, 0.15) is 123 Å². The molecule has 0 aromatic carbocycles. The van der Waals surface area contributed by atoms with Crippen molar-refractivity contribution in [2.45, 2.75) is 123 Å². The summed E-state index contributed by atoms with van der Waals surface area (Å²) in [7, 11) is 0. The molecule has 154 valence electrons. The molecule has 3 fully saturated rings. The minimum Gasteiger partial charge on any atom is -0.198 e. The average Bonchev–Trinajstić information content (AvgIpc) is 2.73. The van der Waals surface area contributed by atoms with Crippen LogP contribution < -0.4 is 0 Å². The van der Waals surface area contributed by atoms with Gasteiger partial charge in [0.05, 0.1) is 11.5 Å². The van der Waals surface area contributed by atoms with Crippen molar-refractivity contribution in [3.8, 4) is 6.07 Å². The Morgan fingerprint density at radius 1 is 0.778 bits per heavy atom. The fraction of sp³-hybridized carbons (Fsp3) is 0.962. The molecule has 0 aliphatic heterocycles. The van der Waals surface area contributed by atoms with Crippen molar-refractivity contribution in [2.75, 3.05) is 0 Å². The maximum Gasteiger partial charge on any atom is 0.0689 e. The van der Waals surface area contributed by atoms with Crippen LogP contribution in [-0.2, 0) is 0 Å². The van der Waals surface area contributed by atoms with Crippen LogP contribution in [0, 0.1) is 46.3 Å². The monoisotopic (exact) mass is 371 g/mol. The van der Waals surface area contributed by atoms with Crippen molar-refractivity contribution >= 4 is 0 Å². The summed E-state index contributed by atoms with van der Waals surface area (Å²) in [5.41, 5.74) is 0.0352. The highest BCUT2D eigenvalue weighted by Gasteiger charge is 2.40. The molecule has 0 heterocycles. The first-order chi connectivity index (χ1) is 13.2. The summed E-state index contributed by atoms with van der Waals surface area (Å²) in [6.07, 6.45) is 23.6.